The Morgan fingerprint density at radius 2 is 2.00 bits per heavy atom. The second-order valence-electron chi connectivity index (χ2n) is 3.42. The molecule has 0 heterocycles. The predicted molar refractivity (Wildman–Crippen MR) is 53.5 cm³/mol. The largest absolute Gasteiger partial charge is 0.192 e. The summed E-state index contributed by atoms with van der Waals surface area (Å²) < 4.78 is 0. The molecule has 0 spiro atoms. The topological polar surface area (TPSA) is 24.7 Å². The first-order chi connectivity index (χ1) is 6.42. The van der Waals surface area contributed by atoms with E-state index in [4.69, 9.17) is 0 Å². The Balaban J connectivity index is 2.45. The van der Waals surface area contributed by atoms with Gasteiger partial charge in [-0.15, -0.1) is 0 Å². The van der Waals surface area contributed by atoms with E-state index in [0.717, 1.165) is 5.69 Å². The first-order valence-electron chi connectivity index (χ1n) is 4.82. The maximum Gasteiger partial charge on any atom is 0.0887 e. The minimum absolute atomic E-state index is 1.07. The van der Waals surface area contributed by atoms with Gasteiger partial charge in [-0.2, -0.15) is 10.2 Å². The summed E-state index contributed by atoms with van der Waals surface area (Å²) in [6.07, 6.45) is 5.00. The second kappa shape index (κ2) is 3.69. The molecule has 0 aliphatic heterocycles. The Morgan fingerprint density at radius 3 is 2.85 bits per heavy atom. The molecule has 2 rings (SSSR count). The summed E-state index contributed by atoms with van der Waals surface area (Å²) >= 11 is 0. The van der Waals surface area contributed by atoms with Crippen molar-refractivity contribution in [1.29, 1.82) is 0 Å². The molecule has 0 bridgehead atoms. The number of hydrogen-bond acceptors (Lipinski definition) is 2. The van der Waals surface area contributed by atoms with Gasteiger partial charge in [0.05, 0.1) is 5.69 Å². The van der Waals surface area contributed by atoms with Gasteiger partial charge in [-0.1, -0.05) is 12.1 Å². The van der Waals surface area contributed by atoms with E-state index in [1.54, 1.807) is 7.05 Å². The van der Waals surface area contributed by atoms with Gasteiger partial charge in [0.25, 0.3) is 0 Å². The minimum atomic E-state index is 1.07. The molecule has 2 heteroatoms. The van der Waals surface area contributed by atoms with Crippen LogP contribution < -0.4 is 0 Å². The second-order valence-corrected chi connectivity index (χ2v) is 3.42. The molecule has 0 atom stereocenters. The van der Waals surface area contributed by atoms with Gasteiger partial charge in [-0.05, 0) is 42.9 Å². The molecule has 0 saturated heterocycles. The van der Waals surface area contributed by atoms with Gasteiger partial charge < -0.3 is 0 Å². The Kier molecular flexibility index (Phi) is 2.39. The van der Waals surface area contributed by atoms with E-state index in [2.05, 4.69) is 28.4 Å². The summed E-state index contributed by atoms with van der Waals surface area (Å²) in [5.41, 5.74) is 3.95. The molecule has 0 unspecified atom stereocenters. The first kappa shape index (κ1) is 8.42. The van der Waals surface area contributed by atoms with E-state index in [1.165, 1.54) is 36.8 Å². The molecule has 1 aromatic rings. The van der Waals surface area contributed by atoms with Crippen LogP contribution in [0.25, 0.3) is 0 Å². The molecule has 1 aromatic carbocycles. The van der Waals surface area contributed by atoms with Crippen molar-refractivity contribution in [2.24, 2.45) is 10.2 Å². The molecule has 1 aliphatic rings. The van der Waals surface area contributed by atoms with Gasteiger partial charge >= 0.3 is 0 Å². The Hall–Kier alpha value is -1.18. The minimum Gasteiger partial charge on any atom is -0.192 e. The highest BCUT2D eigenvalue weighted by Crippen LogP contribution is 2.29. The Labute approximate surface area is 78.7 Å². The van der Waals surface area contributed by atoms with Crippen molar-refractivity contribution in [3.05, 3.63) is 29.3 Å². The standard InChI is InChI=1S/C11H14N2/c1-12-13-11-8-4-6-9-5-2-3-7-10(9)11/h4,6,8H,2-3,5,7H2,1H3. The van der Waals surface area contributed by atoms with Crippen LogP contribution in [0.1, 0.15) is 24.0 Å². The number of fused-ring (bicyclic) bond motifs is 1. The van der Waals surface area contributed by atoms with Crippen LogP contribution in [0.15, 0.2) is 28.4 Å². The lowest BCUT2D eigenvalue weighted by Gasteiger charge is -2.16. The quantitative estimate of drug-likeness (QED) is 0.584. The molecule has 0 aromatic heterocycles. The van der Waals surface area contributed by atoms with E-state index in [9.17, 15) is 0 Å². The van der Waals surface area contributed by atoms with Crippen LogP contribution >= 0.6 is 0 Å². The average molecular weight is 174 g/mol. The highest BCUT2D eigenvalue weighted by Gasteiger charge is 2.11. The molecule has 0 amide bonds. The van der Waals surface area contributed by atoms with Crippen molar-refractivity contribution in [1.82, 2.24) is 0 Å². The molecule has 0 radical (unpaired) electrons. The van der Waals surface area contributed by atoms with Crippen molar-refractivity contribution in [2.75, 3.05) is 7.05 Å². The van der Waals surface area contributed by atoms with Crippen LogP contribution in [0.2, 0.25) is 0 Å². The lowest BCUT2D eigenvalue weighted by Crippen LogP contribution is -2.01. The maximum atomic E-state index is 4.14. The fourth-order valence-electron chi connectivity index (χ4n) is 1.96. The number of rotatable bonds is 1. The maximum absolute atomic E-state index is 4.14. The fraction of sp³-hybridized carbons (Fsp3) is 0.455. The van der Waals surface area contributed by atoms with Crippen molar-refractivity contribution >= 4 is 5.69 Å². The Morgan fingerprint density at radius 1 is 1.15 bits per heavy atom. The third-order valence-electron chi connectivity index (χ3n) is 2.58. The summed E-state index contributed by atoms with van der Waals surface area (Å²) in [6.45, 7) is 0. The van der Waals surface area contributed by atoms with Gasteiger partial charge in [0.15, 0.2) is 0 Å². The summed E-state index contributed by atoms with van der Waals surface area (Å²) in [5.74, 6) is 0. The van der Waals surface area contributed by atoms with Gasteiger partial charge in [0.2, 0.25) is 0 Å². The third-order valence-corrected chi connectivity index (χ3v) is 2.58. The van der Waals surface area contributed by atoms with E-state index >= 15 is 0 Å². The zero-order valence-electron chi connectivity index (χ0n) is 7.95. The highest BCUT2D eigenvalue weighted by atomic mass is 15.1. The molecule has 0 saturated carbocycles. The molecule has 2 nitrogen and oxygen atoms in total. The van der Waals surface area contributed by atoms with Crippen molar-refractivity contribution in [3.63, 3.8) is 0 Å². The number of aryl methyl sites for hydroxylation is 1. The van der Waals surface area contributed by atoms with E-state index < -0.39 is 0 Å². The van der Waals surface area contributed by atoms with E-state index in [-0.39, 0.29) is 0 Å². The summed E-state index contributed by atoms with van der Waals surface area (Å²) in [4.78, 5) is 0. The molecular weight excluding hydrogens is 160 g/mol. The number of hydrogen-bond donors (Lipinski definition) is 0. The fourth-order valence-corrected chi connectivity index (χ4v) is 1.96. The van der Waals surface area contributed by atoms with Crippen LogP contribution in [-0.2, 0) is 12.8 Å². The molecular formula is C11H14N2. The monoisotopic (exact) mass is 174 g/mol. The molecule has 13 heavy (non-hydrogen) atoms. The van der Waals surface area contributed by atoms with Gasteiger partial charge in [-0.3, -0.25) is 0 Å². The first-order valence-corrected chi connectivity index (χ1v) is 4.82. The van der Waals surface area contributed by atoms with Crippen LogP contribution in [0.3, 0.4) is 0 Å². The molecule has 0 N–H and O–H groups in total. The smallest absolute Gasteiger partial charge is 0.0887 e. The van der Waals surface area contributed by atoms with Crippen molar-refractivity contribution in [2.45, 2.75) is 25.7 Å². The molecule has 1 aliphatic carbocycles. The van der Waals surface area contributed by atoms with E-state index in [0.29, 0.717) is 0 Å². The van der Waals surface area contributed by atoms with Gasteiger partial charge in [-0.25, -0.2) is 0 Å². The Bertz CT molecular complexity index is 329. The lowest BCUT2D eigenvalue weighted by molar-refractivity contribution is 0.685. The third kappa shape index (κ3) is 1.62. The van der Waals surface area contributed by atoms with Crippen LogP contribution in [-0.4, -0.2) is 7.05 Å². The summed E-state index contributed by atoms with van der Waals surface area (Å²) in [5, 5.41) is 7.98. The lowest BCUT2D eigenvalue weighted by atomic mass is 9.91. The normalized spacial score (nSPS) is 16.1. The molecule has 0 fully saturated rings. The van der Waals surface area contributed by atoms with Crippen molar-refractivity contribution < 1.29 is 0 Å². The van der Waals surface area contributed by atoms with Crippen LogP contribution in [0.5, 0.6) is 0 Å². The number of azo groups is 1. The van der Waals surface area contributed by atoms with Crippen molar-refractivity contribution in [3.8, 4) is 0 Å². The van der Waals surface area contributed by atoms with Crippen LogP contribution in [0.4, 0.5) is 5.69 Å². The predicted octanol–water partition coefficient (Wildman–Crippen LogP) is 3.28. The number of nitrogens with zero attached hydrogens (tertiary/aromatic N) is 2. The van der Waals surface area contributed by atoms with Gasteiger partial charge in [0.1, 0.15) is 0 Å². The van der Waals surface area contributed by atoms with Crippen LogP contribution in [0, 0.1) is 0 Å². The summed E-state index contributed by atoms with van der Waals surface area (Å²) in [6, 6.07) is 6.34. The SMILES string of the molecule is CN=Nc1cccc2c1CCCC2. The zero-order valence-corrected chi connectivity index (χ0v) is 7.95. The number of benzene rings is 1. The van der Waals surface area contributed by atoms with E-state index in [1.807, 2.05) is 0 Å². The zero-order chi connectivity index (χ0) is 9.10. The van der Waals surface area contributed by atoms with Gasteiger partial charge in [0, 0.05) is 7.05 Å². The average Bonchev–Trinajstić information content (AvgIpc) is 2.19. The summed E-state index contributed by atoms with van der Waals surface area (Å²) in [7, 11) is 1.72. The molecule has 68 valence electrons. The highest BCUT2D eigenvalue weighted by molar-refractivity contribution is 5.50.